The number of halogens is 2. The number of para-hydroxylation sites is 1. The van der Waals surface area contributed by atoms with Crippen molar-refractivity contribution in [3.8, 4) is 17.0 Å². The third-order valence-electron chi connectivity index (χ3n) is 5.84. The van der Waals surface area contributed by atoms with E-state index in [1.165, 1.54) is 36.5 Å². The molecule has 10 heteroatoms. The van der Waals surface area contributed by atoms with Gasteiger partial charge in [0.05, 0.1) is 29.0 Å². The molecule has 3 aromatic rings. The first-order chi connectivity index (χ1) is 18.2. The van der Waals surface area contributed by atoms with E-state index in [0.29, 0.717) is 28.7 Å². The quantitative estimate of drug-likeness (QED) is 0.167. The summed E-state index contributed by atoms with van der Waals surface area (Å²) in [4.78, 5) is 28.6. The number of ether oxygens (including phenoxy) is 2. The number of benzene rings is 2. The molecule has 0 fully saturated rings. The molecule has 1 heterocycles. The Labute approximate surface area is 236 Å². The van der Waals surface area contributed by atoms with Gasteiger partial charge in [-0.25, -0.2) is 9.78 Å². The number of thiazole rings is 1. The zero-order chi connectivity index (χ0) is 27.8. The number of nitrogens with zero attached hydrogens (tertiary/aromatic N) is 1. The van der Waals surface area contributed by atoms with E-state index >= 15 is 0 Å². The van der Waals surface area contributed by atoms with Gasteiger partial charge in [-0.3, -0.25) is 10.1 Å². The Kier molecular flexibility index (Phi) is 10.7. The van der Waals surface area contributed by atoms with Crippen molar-refractivity contribution in [1.29, 1.82) is 0 Å². The molecule has 202 valence electrons. The maximum absolute atomic E-state index is 12.9. The third-order valence-corrected chi connectivity index (χ3v) is 7.23. The van der Waals surface area contributed by atoms with Crippen LogP contribution in [-0.4, -0.2) is 35.7 Å². The maximum atomic E-state index is 12.9. The van der Waals surface area contributed by atoms with Crippen LogP contribution in [0.5, 0.6) is 5.75 Å². The van der Waals surface area contributed by atoms with E-state index in [0.717, 1.165) is 30.4 Å². The lowest BCUT2D eigenvalue weighted by Gasteiger charge is -2.18. The van der Waals surface area contributed by atoms with Gasteiger partial charge in [0.25, 0.3) is 5.91 Å². The molecule has 1 amide bonds. The fourth-order valence-corrected chi connectivity index (χ4v) is 5.06. The number of carboxylic acid groups (broad SMARTS) is 1. The molecule has 2 aromatic carbocycles. The van der Waals surface area contributed by atoms with Crippen LogP contribution in [0.2, 0.25) is 10.0 Å². The fraction of sp³-hybridized carbons (Fsp3) is 0.321. The Balaban J connectivity index is 1.79. The van der Waals surface area contributed by atoms with Crippen LogP contribution in [0.3, 0.4) is 0 Å². The van der Waals surface area contributed by atoms with Gasteiger partial charge in [-0.05, 0) is 44.5 Å². The highest BCUT2D eigenvalue weighted by atomic mass is 35.5. The van der Waals surface area contributed by atoms with E-state index in [4.69, 9.17) is 37.8 Å². The third kappa shape index (κ3) is 7.35. The van der Waals surface area contributed by atoms with Crippen molar-refractivity contribution in [3.63, 3.8) is 0 Å². The van der Waals surface area contributed by atoms with Crippen LogP contribution >= 0.6 is 34.5 Å². The van der Waals surface area contributed by atoms with Crippen LogP contribution in [0, 0.1) is 0 Å². The SMILES string of the molecule is CCCCCO[C@@H](C)c1cccc(-c2csc(NC(=O)c3cc(Cl)c(C=C(C)C(=O)O)c(Cl)c3)n2)c1OC. The molecule has 0 aliphatic rings. The summed E-state index contributed by atoms with van der Waals surface area (Å²) < 4.78 is 11.8. The second kappa shape index (κ2) is 13.8. The molecule has 1 atom stereocenters. The highest BCUT2D eigenvalue weighted by molar-refractivity contribution is 7.14. The highest BCUT2D eigenvalue weighted by Crippen LogP contribution is 2.38. The number of carbonyl (C=O) groups is 2. The molecule has 2 N–H and O–H groups in total. The van der Waals surface area contributed by atoms with E-state index in [9.17, 15) is 9.59 Å². The molecule has 0 radical (unpaired) electrons. The van der Waals surface area contributed by atoms with Gasteiger partial charge in [0.1, 0.15) is 5.75 Å². The number of aliphatic carboxylic acids is 1. The summed E-state index contributed by atoms with van der Waals surface area (Å²) in [7, 11) is 1.62. The first-order valence-electron chi connectivity index (χ1n) is 12.1. The number of carboxylic acids is 1. The van der Waals surface area contributed by atoms with E-state index in [-0.39, 0.29) is 27.3 Å². The standard InChI is InChI=1S/C28H30Cl2N2O5S/c1-5-6-7-11-37-17(3)19-9-8-10-20(25(19)36-4)24-15-38-28(31-24)32-26(33)18-13-22(29)21(23(30)14-18)12-16(2)27(34)35/h8-10,12-15,17H,5-7,11H2,1-4H3,(H,34,35)(H,31,32,33)/t17-/m0/s1. The zero-order valence-corrected chi connectivity index (χ0v) is 24.0. The number of amides is 1. The average Bonchev–Trinajstić information content (AvgIpc) is 3.35. The number of hydrogen-bond acceptors (Lipinski definition) is 6. The topological polar surface area (TPSA) is 97.8 Å². The summed E-state index contributed by atoms with van der Waals surface area (Å²) in [6.45, 7) is 6.27. The Morgan fingerprint density at radius 1 is 1.21 bits per heavy atom. The molecule has 0 saturated carbocycles. The summed E-state index contributed by atoms with van der Waals surface area (Å²) in [5.41, 5.74) is 2.99. The van der Waals surface area contributed by atoms with E-state index < -0.39 is 11.9 Å². The van der Waals surface area contributed by atoms with Crippen molar-refractivity contribution >= 4 is 57.6 Å². The number of aromatic nitrogens is 1. The number of carbonyl (C=O) groups excluding carboxylic acids is 1. The highest BCUT2D eigenvalue weighted by Gasteiger charge is 2.19. The lowest BCUT2D eigenvalue weighted by molar-refractivity contribution is -0.132. The zero-order valence-electron chi connectivity index (χ0n) is 21.6. The van der Waals surface area contributed by atoms with Crippen molar-refractivity contribution in [2.75, 3.05) is 19.0 Å². The van der Waals surface area contributed by atoms with Gasteiger partial charge in [-0.2, -0.15) is 0 Å². The molecule has 38 heavy (non-hydrogen) atoms. The van der Waals surface area contributed by atoms with Crippen molar-refractivity contribution in [2.45, 2.75) is 46.1 Å². The van der Waals surface area contributed by atoms with Crippen molar-refractivity contribution < 1.29 is 24.2 Å². The van der Waals surface area contributed by atoms with Gasteiger partial charge < -0.3 is 14.6 Å². The van der Waals surface area contributed by atoms with Gasteiger partial charge in [-0.15, -0.1) is 11.3 Å². The average molecular weight is 578 g/mol. The normalized spacial score (nSPS) is 12.3. The molecule has 0 saturated heterocycles. The molecule has 0 aliphatic heterocycles. The molecular formula is C28H30Cl2N2O5S. The number of anilines is 1. The first kappa shape index (κ1) is 29.6. The van der Waals surface area contributed by atoms with Gasteiger partial charge in [0.15, 0.2) is 5.13 Å². The molecule has 7 nitrogen and oxygen atoms in total. The summed E-state index contributed by atoms with van der Waals surface area (Å²) in [6.07, 6.45) is 4.48. The predicted molar refractivity (Wildman–Crippen MR) is 154 cm³/mol. The minimum atomic E-state index is -1.09. The Hall–Kier alpha value is -2.91. The molecule has 0 unspecified atom stereocenters. The first-order valence-corrected chi connectivity index (χ1v) is 13.8. The lowest BCUT2D eigenvalue weighted by Crippen LogP contribution is -2.12. The predicted octanol–water partition coefficient (Wildman–Crippen LogP) is 8.13. The van der Waals surface area contributed by atoms with Gasteiger partial charge >= 0.3 is 5.97 Å². The van der Waals surface area contributed by atoms with Gasteiger partial charge in [0, 0.05) is 39.8 Å². The van der Waals surface area contributed by atoms with Crippen LogP contribution < -0.4 is 10.1 Å². The molecule has 1 aromatic heterocycles. The fourth-order valence-electron chi connectivity index (χ4n) is 3.76. The minimum Gasteiger partial charge on any atom is -0.496 e. The molecular weight excluding hydrogens is 547 g/mol. The van der Waals surface area contributed by atoms with Crippen LogP contribution in [0.4, 0.5) is 5.13 Å². The molecule has 0 aliphatic carbocycles. The van der Waals surface area contributed by atoms with Crippen molar-refractivity contribution in [3.05, 3.63) is 68.0 Å². The lowest BCUT2D eigenvalue weighted by atomic mass is 10.0. The van der Waals surface area contributed by atoms with Crippen LogP contribution in [0.15, 0.2) is 41.3 Å². The monoisotopic (exact) mass is 576 g/mol. The molecule has 0 bridgehead atoms. The van der Waals surface area contributed by atoms with Crippen LogP contribution in [0.1, 0.15) is 67.6 Å². The largest absolute Gasteiger partial charge is 0.496 e. The van der Waals surface area contributed by atoms with E-state index in [1.54, 1.807) is 7.11 Å². The summed E-state index contributed by atoms with van der Waals surface area (Å²) in [5.74, 6) is -0.859. The maximum Gasteiger partial charge on any atom is 0.331 e. The second-order valence-corrected chi connectivity index (χ2v) is 10.3. The van der Waals surface area contributed by atoms with Crippen molar-refractivity contribution in [2.24, 2.45) is 0 Å². The summed E-state index contributed by atoms with van der Waals surface area (Å²) in [6, 6.07) is 8.70. The van der Waals surface area contributed by atoms with Crippen LogP contribution in [-0.2, 0) is 9.53 Å². The Morgan fingerprint density at radius 3 is 2.55 bits per heavy atom. The second-order valence-electron chi connectivity index (χ2n) is 8.63. The van der Waals surface area contributed by atoms with E-state index in [2.05, 4.69) is 17.2 Å². The van der Waals surface area contributed by atoms with Gasteiger partial charge in [-0.1, -0.05) is 55.1 Å². The number of unbranched alkanes of at least 4 members (excludes halogenated alkanes) is 2. The minimum absolute atomic E-state index is 0.0678. The van der Waals surface area contributed by atoms with E-state index in [1.807, 2.05) is 30.5 Å². The number of hydrogen-bond donors (Lipinski definition) is 2. The van der Waals surface area contributed by atoms with Crippen LogP contribution in [0.25, 0.3) is 17.3 Å². The van der Waals surface area contributed by atoms with Crippen molar-refractivity contribution in [1.82, 2.24) is 4.98 Å². The van der Waals surface area contributed by atoms with Gasteiger partial charge in [0.2, 0.25) is 0 Å². The smallest absolute Gasteiger partial charge is 0.331 e. The number of nitrogens with one attached hydrogen (secondary N) is 1. The molecule has 3 rings (SSSR count). The Bertz CT molecular complexity index is 1320. The summed E-state index contributed by atoms with van der Waals surface area (Å²) >= 11 is 13.9. The number of rotatable bonds is 12. The Morgan fingerprint density at radius 2 is 1.92 bits per heavy atom. The number of methoxy groups -OCH3 is 1. The molecule has 0 spiro atoms. The summed E-state index contributed by atoms with van der Waals surface area (Å²) in [5, 5.41) is 14.4.